The lowest BCUT2D eigenvalue weighted by Crippen LogP contribution is -2.17. The van der Waals surface area contributed by atoms with Gasteiger partial charge in [0, 0.05) is 22.3 Å². The maximum absolute atomic E-state index is 15.1. The second-order valence-corrected chi connectivity index (χ2v) is 9.47. The number of aliphatic imine (C=N–C) groups is 1. The Morgan fingerprint density at radius 1 is 0.946 bits per heavy atom. The van der Waals surface area contributed by atoms with Crippen LogP contribution < -0.4 is 0 Å². The molecule has 37 heavy (non-hydrogen) atoms. The zero-order chi connectivity index (χ0) is 26.4. The van der Waals surface area contributed by atoms with E-state index in [2.05, 4.69) is 53.0 Å². The van der Waals surface area contributed by atoms with Crippen molar-refractivity contribution in [2.24, 2.45) is 10.9 Å². The van der Waals surface area contributed by atoms with E-state index in [4.69, 9.17) is 0 Å². The summed E-state index contributed by atoms with van der Waals surface area (Å²) in [5.74, 6) is 10.4. The summed E-state index contributed by atoms with van der Waals surface area (Å²) in [6, 6.07) is 11.7. The van der Waals surface area contributed by atoms with E-state index in [0.29, 0.717) is 40.2 Å². The average molecular weight is 514 g/mol. The molecule has 0 saturated heterocycles. The van der Waals surface area contributed by atoms with Crippen molar-refractivity contribution in [3.05, 3.63) is 98.9 Å². The predicted molar refractivity (Wildman–Crippen MR) is 146 cm³/mol. The number of fused-ring (bicyclic) bond motifs is 1. The van der Waals surface area contributed by atoms with Crippen LogP contribution in [0.1, 0.15) is 71.6 Å². The van der Waals surface area contributed by atoms with Gasteiger partial charge in [0.25, 0.3) is 0 Å². The summed E-state index contributed by atoms with van der Waals surface area (Å²) in [5, 5.41) is 2.16. The highest BCUT2D eigenvalue weighted by atomic mass is 32.1. The van der Waals surface area contributed by atoms with Crippen LogP contribution >= 0.6 is 12.2 Å². The largest absolute Gasteiger partial charge is 0.206 e. The van der Waals surface area contributed by atoms with Gasteiger partial charge in [-0.3, -0.25) is 0 Å². The molecule has 4 rings (SSSR count). The van der Waals surface area contributed by atoms with Crippen molar-refractivity contribution in [1.29, 1.82) is 0 Å². The molecule has 0 saturated carbocycles. The fourth-order valence-electron chi connectivity index (χ4n) is 4.63. The first-order valence-electron chi connectivity index (χ1n) is 12.4. The number of nitrogens with zero attached hydrogens (tertiary/aromatic N) is 1. The Morgan fingerprint density at radius 3 is 2.32 bits per heavy atom. The van der Waals surface area contributed by atoms with Gasteiger partial charge in [0.15, 0.2) is 5.82 Å². The van der Waals surface area contributed by atoms with Crippen molar-refractivity contribution in [2.75, 3.05) is 0 Å². The highest BCUT2D eigenvalue weighted by Crippen LogP contribution is 2.32. The quantitative estimate of drug-likeness (QED) is 0.194. The zero-order valence-electron chi connectivity index (χ0n) is 20.9. The normalized spacial score (nSPS) is 13.9. The minimum atomic E-state index is -0.604. The van der Waals surface area contributed by atoms with E-state index in [1.807, 2.05) is 0 Å². The van der Waals surface area contributed by atoms with E-state index in [9.17, 15) is 8.78 Å². The van der Waals surface area contributed by atoms with Gasteiger partial charge < -0.3 is 0 Å². The van der Waals surface area contributed by atoms with Crippen LogP contribution in [-0.4, -0.2) is 5.16 Å². The van der Waals surface area contributed by atoms with Crippen LogP contribution in [0.3, 0.4) is 0 Å². The molecule has 0 spiro atoms. The molecule has 0 aromatic heterocycles. The van der Waals surface area contributed by atoms with Gasteiger partial charge in [-0.1, -0.05) is 49.9 Å². The van der Waals surface area contributed by atoms with Crippen molar-refractivity contribution in [3.8, 4) is 23.7 Å². The molecule has 0 radical (unpaired) electrons. The van der Waals surface area contributed by atoms with E-state index in [0.717, 1.165) is 37.7 Å². The highest BCUT2D eigenvalue weighted by Gasteiger charge is 2.24. The standard InChI is InChI=1S/C32H26F3NS/c1-3-4-5-24-12-15-27-26(18-24)19-29(33)28(32(27)35)16-11-23-8-6-22(7-9-23)10-13-25-14-17-30(36-20-37)31(34)21(25)2/h6-9,14,17,19,24H,3-5,12,15,18H2,1-2H3. The van der Waals surface area contributed by atoms with Gasteiger partial charge in [-0.25, -0.2) is 13.2 Å². The first kappa shape index (κ1) is 26.4. The third kappa shape index (κ3) is 6.20. The Labute approximate surface area is 221 Å². The summed E-state index contributed by atoms with van der Waals surface area (Å²) in [4.78, 5) is 3.70. The minimum Gasteiger partial charge on any atom is -0.206 e. The van der Waals surface area contributed by atoms with Crippen LogP contribution in [0, 0.1) is 54.0 Å². The lowest BCUT2D eigenvalue weighted by molar-refractivity contribution is 0.402. The summed E-state index contributed by atoms with van der Waals surface area (Å²) < 4.78 is 44.3. The van der Waals surface area contributed by atoms with E-state index in [1.165, 1.54) is 12.1 Å². The number of unbranched alkanes of at least 4 members (excludes halogenated alkanes) is 1. The topological polar surface area (TPSA) is 12.4 Å². The summed E-state index contributed by atoms with van der Waals surface area (Å²) in [6.07, 6.45) is 5.68. The average Bonchev–Trinajstić information content (AvgIpc) is 2.90. The van der Waals surface area contributed by atoms with Gasteiger partial charge in [-0.2, -0.15) is 4.99 Å². The lowest BCUT2D eigenvalue weighted by Gasteiger charge is -2.25. The number of isothiocyanates is 1. The lowest BCUT2D eigenvalue weighted by atomic mass is 9.80. The summed E-state index contributed by atoms with van der Waals surface area (Å²) in [6.45, 7) is 3.79. The van der Waals surface area contributed by atoms with Gasteiger partial charge in [0.05, 0.1) is 10.7 Å². The smallest absolute Gasteiger partial charge is 0.153 e. The van der Waals surface area contributed by atoms with Crippen LogP contribution in [-0.2, 0) is 12.8 Å². The predicted octanol–water partition coefficient (Wildman–Crippen LogP) is 8.24. The second kappa shape index (κ2) is 12.1. The zero-order valence-corrected chi connectivity index (χ0v) is 21.7. The summed E-state index contributed by atoms with van der Waals surface area (Å²) in [5.41, 5.74) is 3.59. The second-order valence-electron chi connectivity index (χ2n) is 9.29. The number of thiocarbonyl (C=S) groups is 1. The van der Waals surface area contributed by atoms with Crippen molar-refractivity contribution in [2.45, 2.75) is 52.4 Å². The number of hydrogen-bond acceptors (Lipinski definition) is 2. The molecule has 3 aromatic rings. The molecule has 0 amide bonds. The molecule has 0 N–H and O–H groups in total. The third-order valence-corrected chi connectivity index (χ3v) is 6.87. The Bertz CT molecular complexity index is 1490. The molecule has 1 aliphatic rings. The van der Waals surface area contributed by atoms with Crippen LogP contribution in [0.25, 0.3) is 0 Å². The fraction of sp³-hybridized carbons (Fsp3) is 0.281. The Kier molecular flexibility index (Phi) is 8.62. The molecule has 0 heterocycles. The molecular weight excluding hydrogens is 487 g/mol. The molecule has 1 nitrogen and oxygen atoms in total. The van der Waals surface area contributed by atoms with E-state index in [-0.39, 0.29) is 11.3 Å². The molecule has 1 unspecified atom stereocenters. The first-order valence-corrected chi connectivity index (χ1v) is 12.8. The van der Waals surface area contributed by atoms with Crippen LogP contribution in [0.2, 0.25) is 0 Å². The van der Waals surface area contributed by atoms with Gasteiger partial charge in [-0.15, -0.1) is 0 Å². The molecule has 0 aliphatic heterocycles. The maximum Gasteiger partial charge on any atom is 0.153 e. The summed E-state index contributed by atoms with van der Waals surface area (Å²) >= 11 is 4.54. The van der Waals surface area contributed by atoms with Gasteiger partial charge in [0.2, 0.25) is 0 Å². The van der Waals surface area contributed by atoms with Crippen LogP contribution in [0.4, 0.5) is 18.9 Å². The molecule has 5 heteroatoms. The number of halogens is 3. The molecule has 186 valence electrons. The molecule has 1 atom stereocenters. The fourth-order valence-corrected chi connectivity index (χ4v) is 4.73. The summed E-state index contributed by atoms with van der Waals surface area (Å²) in [7, 11) is 0. The third-order valence-electron chi connectivity index (χ3n) is 6.78. The van der Waals surface area contributed by atoms with Crippen LogP contribution in [0.15, 0.2) is 47.5 Å². The first-order chi connectivity index (χ1) is 17.9. The Balaban J connectivity index is 1.51. The van der Waals surface area contributed by atoms with Crippen molar-refractivity contribution in [3.63, 3.8) is 0 Å². The number of benzene rings is 3. The van der Waals surface area contributed by atoms with Gasteiger partial charge in [-0.05, 0) is 97.9 Å². The monoisotopic (exact) mass is 513 g/mol. The number of hydrogen-bond donors (Lipinski definition) is 0. The highest BCUT2D eigenvalue weighted by molar-refractivity contribution is 7.78. The van der Waals surface area contributed by atoms with Crippen molar-refractivity contribution >= 4 is 23.1 Å². The molecule has 3 aromatic carbocycles. The molecule has 0 bridgehead atoms. The number of rotatable bonds is 4. The maximum atomic E-state index is 15.1. The van der Waals surface area contributed by atoms with E-state index in [1.54, 1.807) is 37.3 Å². The minimum absolute atomic E-state index is 0.129. The van der Waals surface area contributed by atoms with Crippen molar-refractivity contribution in [1.82, 2.24) is 0 Å². The molecule has 0 fully saturated rings. The van der Waals surface area contributed by atoms with E-state index < -0.39 is 17.5 Å². The van der Waals surface area contributed by atoms with Crippen LogP contribution in [0.5, 0.6) is 0 Å². The van der Waals surface area contributed by atoms with Gasteiger partial charge in [0.1, 0.15) is 17.3 Å². The van der Waals surface area contributed by atoms with Crippen molar-refractivity contribution < 1.29 is 13.2 Å². The SMILES string of the molecule is CCCCC1CCc2c(cc(F)c(C#Cc3ccc(C#Cc4ccc(N=C=S)c(F)c4C)cc3)c2F)C1. The Morgan fingerprint density at radius 2 is 1.65 bits per heavy atom. The Hall–Kier alpha value is -3.63. The van der Waals surface area contributed by atoms with E-state index >= 15 is 4.39 Å². The molecule has 1 aliphatic carbocycles. The molecular formula is C32H26F3NS. The van der Waals surface area contributed by atoms with Gasteiger partial charge >= 0.3 is 0 Å².